The summed E-state index contributed by atoms with van der Waals surface area (Å²) in [5.74, 6) is -0.0978. The van der Waals surface area contributed by atoms with Crippen LogP contribution >= 0.6 is 22.7 Å². The van der Waals surface area contributed by atoms with Gasteiger partial charge in [0.25, 0.3) is 0 Å². The molecule has 6 heteroatoms. The first-order valence-electron chi connectivity index (χ1n) is 7.50. The van der Waals surface area contributed by atoms with Gasteiger partial charge < -0.3 is 5.32 Å². The molecule has 0 bridgehead atoms. The zero-order valence-corrected chi connectivity index (χ0v) is 14.1. The molecule has 2 aromatic heterocycles. The first kappa shape index (κ1) is 15.4. The number of Topliss-reactive ketones (excluding diaryl/α,β-unsaturated/α-hetero) is 1. The van der Waals surface area contributed by atoms with Gasteiger partial charge in [-0.3, -0.25) is 9.59 Å². The van der Waals surface area contributed by atoms with Gasteiger partial charge in [-0.25, -0.2) is 4.98 Å². The van der Waals surface area contributed by atoms with Crippen molar-refractivity contribution in [3.63, 3.8) is 0 Å². The molecule has 0 unspecified atom stereocenters. The first-order valence-corrected chi connectivity index (χ1v) is 9.13. The Balaban J connectivity index is 1.52. The van der Waals surface area contributed by atoms with E-state index >= 15 is 0 Å². The second-order valence-electron chi connectivity index (χ2n) is 5.48. The van der Waals surface area contributed by atoms with Crippen LogP contribution in [0, 0.1) is 6.92 Å². The fourth-order valence-electron chi connectivity index (χ4n) is 2.52. The smallest absolute Gasteiger partial charge is 0.226 e. The Morgan fingerprint density at radius 3 is 2.73 bits per heavy atom. The number of nitrogens with one attached hydrogen (secondary N) is 1. The van der Waals surface area contributed by atoms with E-state index in [-0.39, 0.29) is 24.5 Å². The Morgan fingerprint density at radius 1 is 1.18 bits per heavy atom. The molecule has 1 aliphatic carbocycles. The van der Waals surface area contributed by atoms with Gasteiger partial charge in [-0.05, 0) is 44.7 Å². The number of rotatable bonds is 5. The lowest BCUT2D eigenvalue weighted by Gasteiger charge is -2.06. The minimum absolute atomic E-state index is 0.0340. The fourth-order valence-corrected chi connectivity index (χ4v) is 4.42. The molecular weight excluding hydrogens is 316 g/mol. The van der Waals surface area contributed by atoms with Crippen LogP contribution < -0.4 is 5.32 Å². The van der Waals surface area contributed by atoms with Crippen molar-refractivity contribution in [2.24, 2.45) is 0 Å². The van der Waals surface area contributed by atoms with Crippen LogP contribution in [-0.2, 0) is 17.6 Å². The van der Waals surface area contributed by atoms with Gasteiger partial charge in [-0.15, -0.1) is 22.7 Å². The van der Waals surface area contributed by atoms with E-state index in [4.69, 9.17) is 0 Å². The van der Waals surface area contributed by atoms with Crippen molar-refractivity contribution in [3.05, 3.63) is 32.5 Å². The highest BCUT2D eigenvalue weighted by molar-refractivity contribution is 7.16. The largest absolute Gasteiger partial charge is 0.302 e. The van der Waals surface area contributed by atoms with Crippen LogP contribution in [0.2, 0.25) is 0 Å². The molecule has 1 amide bonds. The fraction of sp³-hybridized carbons (Fsp3) is 0.438. The van der Waals surface area contributed by atoms with Gasteiger partial charge >= 0.3 is 0 Å². The van der Waals surface area contributed by atoms with E-state index in [1.165, 1.54) is 29.1 Å². The number of nitrogens with zero attached hydrogens (tertiary/aromatic N) is 1. The van der Waals surface area contributed by atoms with E-state index < -0.39 is 0 Å². The lowest BCUT2D eigenvalue weighted by Crippen LogP contribution is -2.13. The summed E-state index contributed by atoms with van der Waals surface area (Å²) in [5, 5.41) is 3.51. The maximum absolute atomic E-state index is 12.0. The number of hydrogen-bond donors (Lipinski definition) is 1. The van der Waals surface area contributed by atoms with Crippen LogP contribution in [0.3, 0.4) is 0 Å². The Hall–Kier alpha value is -1.53. The van der Waals surface area contributed by atoms with E-state index in [9.17, 15) is 9.59 Å². The molecule has 22 heavy (non-hydrogen) atoms. The zero-order chi connectivity index (χ0) is 15.5. The number of ketones is 1. The van der Waals surface area contributed by atoms with Crippen LogP contribution in [0.15, 0.2) is 12.1 Å². The van der Waals surface area contributed by atoms with Crippen LogP contribution in [0.5, 0.6) is 0 Å². The molecule has 0 saturated heterocycles. The number of carbonyl (C=O) groups excluding carboxylic acids is 2. The quantitative estimate of drug-likeness (QED) is 0.841. The van der Waals surface area contributed by atoms with Crippen molar-refractivity contribution in [1.82, 2.24) is 4.98 Å². The molecule has 1 N–H and O–H groups in total. The monoisotopic (exact) mass is 334 g/mol. The van der Waals surface area contributed by atoms with Gasteiger partial charge in [0.05, 0.1) is 10.6 Å². The minimum atomic E-state index is -0.132. The topological polar surface area (TPSA) is 59.1 Å². The second-order valence-corrected chi connectivity index (χ2v) is 7.85. The molecule has 116 valence electrons. The number of anilines is 1. The first-order chi connectivity index (χ1) is 10.6. The number of aromatic nitrogens is 1. The van der Waals surface area contributed by atoms with Crippen molar-refractivity contribution in [3.8, 4) is 0 Å². The van der Waals surface area contributed by atoms with Gasteiger partial charge in [-0.2, -0.15) is 0 Å². The molecule has 0 aromatic carbocycles. The predicted octanol–water partition coefficient (Wildman–Crippen LogP) is 3.99. The van der Waals surface area contributed by atoms with Gasteiger partial charge in [0.2, 0.25) is 5.91 Å². The van der Waals surface area contributed by atoms with Crippen molar-refractivity contribution >= 4 is 39.5 Å². The lowest BCUT2D eigenvalue weighted by atomic mass is 10.0. The van der Waals surface area contributed by atoms with E-state index in [2.05, 4.69) is 10.3 Å². The molecule has 1 aliphatic rings. The number of thiazole rings is 1. The molecule has 0 spiro atoms. The van der Waals surface area contributed by atoms with Gasteiger partial charge in [0.15, 0.2) is 10.9 Å². The summed E-state index contributed by atoms with van der Waals surface area (Å²) in [6.07, 6.45) is 4.92. The van der Waals surface area contributed by atoms with Gasteiger partial charge in [0, 0.05) is 22.6 Å². The number of thiophene rings is 1. The van der Waals surface area contributed by atoms with E-state index in [0.29, 0.717) is 5.13 Å². The van der Waals surface area contributed by atoms with E-state index in [1.807, 2.05) is 19.1 Å². The van der Waals surface area contributed by atoms with Crippen molar-refractivity contribution in [1.29, 1.82) is 0 Å². The zero-order valence-electron chi connectivity index (χ0n) is 12.5. The van der Waals surface area contributed by atoms with E-state index in [0.717, 1.165) is 28.3 Å². The normalized spacial score (nSPS) is 13.7. The Labute approximate surface area is 137 Å². The molecule has 0 saturated carbocycles. The van der Waals surface area contributed by atoms with E-state index in [1.54, 1.807) is 11.3 Å². The Kier molecular flexibility index (Phi) is 4.69. The van der Waals surface area contributed by atoms with Gasteiger partial charge in [0.1, 0.15) is 0 Å². The number of aryl methyl sites for hydroxylation is 3. The lowest BCUT2D eigenvalue weighted by molar-refractivity contribution is -0.116. The van der Waals surface area contributed by atoms with Gasteiger partial charge in [-0.1, -0.05) is 0 Å². The Morgan fingerprint density at radius 2 is 2.00 bits per heavy atom. The average molecular weight is 334 g/mol. The maximum atomic E-state index is 12.0. The standard InChI is InChI=1S/C16H18N2O2S2/c1-10-6-8-14(21-10)12(19)7-9-15(20)18-16-17-11-4-2-3-5-13(11)22-16/h6,8H,2-5,7,9H2,1H3,(H,17,18,20). The summed E-state index contributed by atoms with van der Waals surface area (Å²) < 4.78 is 0. The molecule has 4 nitrogen and oxygen atoms in total. The van der Waals surface area contributed by atoms with Crippen molar-refractivity contribution in [2.75, 3.05) is 5.32 Å². The Bertz CT molecular complexity index is 679. The number of amides is 1. The molecule has 3 rings (SSSR count). The molecule has 0 aliphatic heterocycles. The van der Waals surface area contributed by atoms with Crippen molar-refractivity contribution in [2.45, 2.75) is 45.4 Å². The molecule has 0 atom stereocenters. The second kappa shape index (κ2) is 6.71. The third kappa shape index (κ3) is 3.62. The van der Waals surface area contributed by atoms with Crippen LogP contribution in [0.25, 0.3) is 0 Å². The summed E-state index contributed by atoms with van der Waals surface area (Å²) >= 11 is 3.05. The summed E-state index contributed by atoms with van der Waals surface area (Å²) in [4.78, 5) is 31.6. The third-order valence-electron chi connectivity index (χ3n) is 3.69. The summed E-state index contributed by atoms with van der Waals surface area (Å²) in [6.45, 7) is 1.97. The highest BCUT2D eigenvalue weighted by Gasteiger charge is 2.17. The summed E-state index contributed by atoms with van der Waals surface area (Å²) in [7, 11) is 0. The van der Waals surface area contributed by atoms with Crippen molar-refractivity contribution < 1.29 is 9.59 Å². The van der Waals surface area contributed by atoms with Crippen LogP contribution in [0.1, 0.15) is 50.8 Å². The van der Waals surface area contributed by atoms with Crippen LogP contribution in [-0.4, -0.2) is 16.7 Å². The molecule has 2 aromatic rings. The highest BCUT2D eigenvalue weighted by atomic mass is 32.1. The number of fused-ring (bicyclic) bond motifs is 1. The summed E-state index contributed by atoms with van der Waals surface area (Å²) in [6, 6.07) is 3.76. The molecule has 0 fully saturated rings. The average Bonchev–Trinajstić information content (AvgIpc) is 3.10. The summed E-state index contributed by atoms with van der Waals surface area (Å²) in [5.41, 5.74) is 1.14. The number of carbonyl (C=O) groups is 2. The molecule has 0 radical (unpaired) electrons. The SMILES string of the molecule is Cc1ccc(C(=O)CCC(=O)Nc2nc3c(s2)CCCC3)s1. The predicted molar refractivity (Wildman–Crippen MR) is 90.0 cm³/mol. The molecule has 2 heterocycles. The molecular formula is C16H18N2O2S2. The highest BCUT2D eigenvalue weighted by Crippen LogP contribution is 2.29. The maximum Gasteiger partial charge on any atom is 0.226 e. The third-order valence-corrected chi connectivity index (χ3v) is 5.80. The minimum Gasteiger partial charge on any atom is -0.302 e. The van der Waals surface area contributed by atoms with Crippen LogP contribution in [0.4, 0.5) is 5.13 Å². The number of hydrogen-bond acceptors (Lipinski definition) is 5.